The third-order valence-corrected chi connectivity index (χ3v) is 4.22. The Morgan fingerprint density at radius 3 is 2.85 bits per heavy atom. The first-order valence-corrected chi connectivity index (χ1v) is 7.56. The molecule has 0 saturated carbocycles. The zero-order valence-electron chi connectivity index (χ0n) is 11.6. The summed E-state index contributed by atoms with van der Waals surface area (Å²) in [4.78, 5) is 14.2. The smallest absolute Gasteiger partial charge is 0.176 e. The van der Waals surface area contributed by atoms with Crippen molar-refractivity contribution in [2.45, 2.75) is 12.8 Å². The molecule has 0 radical (unpaired) electrons. The van der Waals surface area contributed by atoms with E-state index in [1.54, 1.807) is 18.2 Å². The van der Waals surface area contributed by atoms with Gasteiger partial charge in [0.2, 0.25) is 0 Å². The van der Waals surface area contributed by atoms with E-state index >= 15 is 0 Å². The Kier molecular flexibility index (Phi) is 5.85. The van der Waals surface area contributed by atoms with Crippen molar-refractivity contribution >= 4 is 29.0 Å². The zero-order chi connectivity index (χ0) is 14.5. The number of likely N-dealkylation sites (N-methyl/N-ethyl adjacent to an activating group) is 1. The number of carbonyl (C=O) groups excluding carboxylic acids is 1. The minimum absolute atomic E-state index is 0.0581. The monoisotopic (exact) mass is 315 g/mol. The van der Waals surface area contributed by atoms with E-state index in [4.69, 9.17) is 27.9 Å². The third kappa shape index (κ3) is 4.45. The van der Waals surface area contributed by atoms with Crippen LogP contribution in [0.4, 0.5) is 0 Å². The van der Waals surface area contributed by atoms with Crippen molar-refractivity contribution in [3.63, 3.8) is 0 Å². The maximum atomic E-state index is 12.2. The lowest BCUT2D eigenvalue weighted by atomic mass is 10.0. The van der Waals surface area contributed by atoms with Crippen LogP contribution in [0.1, 0.15) is 23.2 Å². The van der Waals surface area contributed by atoms with E-state index in [0.29, 0.717) is 28.1 Å². The van der Waals surface area contributed by atoms with E-state index in [0.717, 1.165) is 26.2 Å². The molecule has 0 amide bonds. The molecule has 1 aliphatic rings. The lowest BCUT2D eigenvalue weighted by Gasteiger charge is -2.26. The van der Waals surface area contributed by atoms with Crippen molar-refractivity contribution < 1.29 is 9.53 Å². The summed E-state index contributed by atoms with van der Waals surface area (Å²) in [6.07, 6.45) is 2.28. The van der Waals surface area contributed by atoms with Gasteiger partial charge in [-0.05, 0) is 44.0 Å². The molecule has 1 atom stereocenters. The Bertz CT molecular complexity index is 473. The number of carbonyl (C=O) groups is 1. The summed E-state index contributed by atoms with van der Waals surface area (Å²) in [5.74, 6) is 0.582. The van der Waals surface area contributed by atoms with Gasteiger partial charge in [0, 0.05) is 18.7 Å². The van der Waals surface area contributed by atoms with Gasteiger partial charge in [-0.15, -0.1) is 0 Å². The summed E-state index contributed by atoms with van der Waals surface area (Å²) in [7, 11) is 1.96. The number of nitrogens with zero attached hydrogens (tertiary/aromatic N) is 1. The normalized spacial score (nSPS) is 19.3. The van der Waals surface area contributed by atoms with Gasteiger partial charge in [0.05, 0.1) is 23.2 Å². The van der Waals surface area contributed by atoms with Crippen molar-refractivity contribution in [2.75, 3.05) is 33.4 Å². The van der Waals surface area contributed by atoms with Crippen LogP contribution in [-0.4, -0.2) is 44.0 Å². The fraction of sp³-hybridized carbons (Fsp3) is 0.533. The molecule has 0 N–H and O–H groups in total. The maximum Gasteiger partial charge on any atom is 0.176 e. The molecule has 1 aromatic rings. The second-order valence-corrected chi connectivity index (χ2v) is 6.15. The number of ether oxygens (including phenoxy) is 1. The molecule has 0 aromatic heterocycles. The van der Waals surface area contributed by atoms with E-state index in [1.165, 1.54) is 6.42 Å². The standard InChI is InChI=1S/C15H19Cl2NO2/c1-18(8-11-3-2-6-20-10-11)9-15(19)12-4-5-13(16)14(17)7-12/h4-5,7,11H,2-3,6,8-10H2,1H3. The molecule has 1 aliphatic heterocycles. The first-order chi connectivity index (χ1) is 9.56. The highest BCUT2D eigenvalue weighted by molar-refractivity contribution is 6.42. The number of ketones is 1. The zero-order valence-corrected chi connectivity index (χ0v) is 13.1. The first-order valence-electron chi connectivity index (χ1n) is 6.81. The van der Waals surface area contributed by atoms with Gasteiger partial charge >= 0.3 is 0 Å². The molecular formula is C15H19Cl2NO2. The molecule has 1 fully saturated rings. The molecule has 1 heterocycles. The van der Waals surface area contributed by atoms with Crippen molar-refractivity contribution in [1.82, 2.24) is 4.90 Å². The number of benzene rings is 1. The van der Waals surface area contributed by atoms with Crippen LogP contribution in [0.15, 0.2) is 18.2 Å². The Hall–Kier alpha value is -0.610. The van der Waals surface area contributed by atoms with E-state index in [-0.39, 0.29) is 5.78 Å². The van der Waals surface area contributed by atoms with Crippen LogP contribution < -0.4 is 0 Å². The van der Waals surface area contributed by atoms with Crippen molar-refractivity contribution in [3.05, 3.63) is 33.8 Å². The van der Waals surface area contributed by atoms with Crippen LogP contribution in [0.3, 0.4) is 0 Å². The molecule has 20 heavy (non-hydrogen) atoms. The average Bonchev–Trinajstić information content (AvgIpc) is 2.42. The number of hydrogen-bond acceptors (Lipinski definition) is 3. The quantitative estimate of drug-likeness (QED) is 0.778. The maximum absolute atomic E-state index is 12.2. The Morgan fingerprint density at radius 2 is 2.20 bits per heavy atom. The minimum Gasteiger partial charge on any atom is -0.381 e. The third-order valence-electron chi connectivity index (χ3n) is 3.48. The van der Waals surface area contributed by atoms with Gasteiger partial charge in [0.15, 0.2) is 5.78 Å². The van der Waals surface area contributed by atoms with E-state index in [1.807, 2.05) is 11.9 Å². The van der Waals surface area contributed by atoms with Crippen LogP contribution >= 0.6 is 23.2 Å². The second kappa shape index (κ2) is 7.41. The molecule has 1 saturated heterocycles. The Balaban J connectivity index is 1.87. The fourth-order valence-electron chi connectivity index (χ4n) is 2.46. The molecule has 110 valence electrons. The fourth-order valence-corrected chi connectivity index (χ4v) is 2.76. The van der Waals surface area contributed by atoms with Gasteiger partial charge in [-0.3, -0.25) is 9.69 Å². The van der Waals surface area contributed by atoms with Crippen LogP contribution in [0.25, 0.3) is 0 Å². The van der Waals surface area contributed by atoms with Crippen LogP contribution in [-0.2, 0) is 4.74 Å². The molecule has 3 nitrogen and oxygen atoms in total. The lowest BCUT2D eigenvalue weighted by Crippen LogP contribution is -2.34. The number of Topliss-reactive ketones (excluding diaryl/α,β-unsaturated/α-hetero) is 1. The van der Waals surface area contributed by atoms with Gasteiger partial charge in [-0.25, -0.2) is 0 Å². The van der Waals surface area contributed by atoms with Crippen LogP contribution in [0, 0.1) is 5.92 Å². The van der Waals surface area contributed by atoms with Crippen molar-refractivity contribution in [2.24, 2.45) is 5.92 Å². The summed E-state index contributed by atoms with van der Waals surface area (Å²) in [5.41, 5.74) is 0.603. The highest BCUT2D eigenvalue weighted by Crippen LogP contribution is 2.23. The number of rotatable bonds is 5. The summed E-state index contributed by atoms with van der Waals surface area (Å²) < 4.78 is 5.46. The van der Waals surface area contributed by atoms with Crippen LogP contribution in [0.5, 0.6) is 0 Å². The SMILES string of the molecule is CN(CC(=O)c1ccc(Cl)c(Cl)c1)CC1CCCOC1. The highest BCUT2D eigenvalue weighted by atomic mass is 35.5. The van der Waals surface area contributed by atoms with Gasteiger partial charge in [0.1, 0.15) is 0 Å². The molecular weight excluding hydrogens is 297 g/mol. The van der Waals surface area contributed by atoms with Gasteiger partial charge in [-0.2, -0.15) is 0 Å². The molecule has 0 aliphatic carbocycles. The predicted molar refractivity (Wildman–Crippen MR) is 81.8 cm³/mol. The minimum atomic E-state index is 0.0581. The summed E-state index contributed by atoms with van der Waals surface area (Å²) in [6.45, 7) is 2.93. The summed E-state index contributed by atoms with van der Waals surface area (Å²) >= 11 is 11.8. The topological polar surface area (TPSA) is 29.5 Å². The summed E-state index contributed by atoms with van der Waals surface area (Å²) in [5, 5.41) is 0.886. The van der Waals surface area contributed by atoms with Crippen molar-refractivity contribution in [3.8, 4) is 0 Å². The Morgan fingerprint density at radius 1 is 1.40 bits per heavy atom. The van der Waals surface area contributed by atoms with E-state index in [9.17, 15) is 4.79 Å². The average molecular weight is 316 g/mol. The van der Waals surface area contributed by atoms with Crippen LogP contribution in [0.2, 0.25) is 10.0 Å². The molecule has 1 unspecified atom stereocenters. The number of hydrogen-bond donors (Lipinski definition) is 0. The van der Waals surface area contributed by atoms with E-state index in [2.05, 4.69) is 0 Å². The second-order valence-electron chi connectivity index (χ2n) is 5.33. The first kappa shape index (κ1) is 15.8. The Labute approximate surface area is 129 Å². The van der Waals surface area contributed by atoms with Gasteiger partial charge in [0.25, 0.3) is 0 Å². The van der Waals surface area contributed by atoms with Crippen molar-refractivity contribution in [1.29, 1.82) is 0 Å². The van der Waals surface area contributed by atoms with Gasteiger partial charge in [-0.1, -0.05) is 23.2 Å². The van der Waals surface area contributed by atoms with Gasteiger partial charge < -0.3 is 4.74 Å². The molecule has 2 rings (SSSR count). The molecule has 5 heteroatoms. The largest absolute Gasteiger partial charge is 0.381 e. The lowest BCUT2D eigenvalue weighted by molar-refractivity contribution is 0.0416. The molecule has 1 aromatic carbocycles. The predicted octanol–water partition coefficient (Wildman–Crippen LogP) is 3.53. The molecule has 0 bridgehead atoms. The molecule has 0 spiro atoms. The van der Waals surface area contributed by atoms with E-state index < -0.39 is 0 Å². The highest BCUT2D eigenvalue weighted by Gasteiger charge is 2.18. The number of halogens is 2. The summed E-state index contributed by atoms with van der Waals surface area (Å²) in [6, 6.07) is 5.00.